The van der Waals surface area contributed by atoms with E-state index in [-0.39, 0.29) is 5.91 Å². The molecule has 0 aliphatic carbocycles. The smallest absolute Gasteiger partial charge is 0.269 e. The lowest BCUT2D eigenvalue weighted by atomic mass is 10.3. The van der Waals surface area contributed by atoms with Gasteiger partial charge in [-0.15, -0.1) is 11.3 Å². The van der Waals surface area contributed by atoms with Crippen LogP contribution in [0.3, 0.4) is 0 Å². The molecular weight excluding hydrogens is 334 g/mol. The number of aromatic nitrogens is 2. The fraction of sp³-hybridized carbons (Fsp3) is 0.267. The maximum Gasteiger partial charge on any atom is 0.269 e. The Labute approximate surface area is 141 Å². The van der Waals surface area contributed by atoms with Crippen LogP contribution in [-0.2, 0) is 0 Å². The number of amides is 1. The highest BCUT2D eigenvalue weighted by atomic mass is 32.1. The van der Waals surface area contributed by atoms with Crippen molar-refractivity contribution in [1.29, 1.82) is 0 Å². The van der Waals surface area contributed by atoms with Crippen molar-refractivity contribution < 1.29 is 14.3 Å². The second-order valence-electron chi connectivity index (χ2n) is 4.77. The first-order chi connectivity index (χ1) is 11.0. The molecule has 120 valence electrons. The topological polar surface area (TPSA) is 73.3 Å². The molecule has 0 atom stereocenters. The molecule has 23 heavy (non-hydrogen) atoms. The molecule has 2 aromatic heterocycles. The number of anilines is 1. The van der Waals surface area contributed by atoms with Crippen molar-refractivity contribution in [3.63, 3.8) is 0 Å². The Bertz CT molecular complexity index is 845. The number of carbonyl (C=O) groups excluding carboxylic acids is 1. The molecule has 6 nitrogen and oxygen atoms in total. The molecule has 0 saturated carbocycles. The van der Waals surface area contributed by atoms with E-state index < -0.39 is 0 Å². The fourth-order valence-corrected chi connectivity index (χ4v) is 4.02. The molecule has 2 heterocycles. The number of nitrogens with zero attached hydrogens (tertiary/aromatic N) is 2. The summed E-state index contributed by atoms with van der Waals surface area (Å²) in [6.45, 7) is 3.70. The van der Waals surface area contributed by atoms with Crippen LogP contribution < -0.4 is 14.8 Å². The number of ether oxygens (including phenoxy) is 2. The number of thiazole rings is 2. The van der Waals surface area contributed by atoms with Gasteiger partial charge in [-0.3, -0.25) is 10.1 Å². The lowest BCUT2D eigenvalue weighted by Crippen LogP contribution is -2.11. The van der Waals surface area contributed by atoms with E-state index >= 15 is 0 Å². The van der Waals surface area contributed by atoms with Crippen LogP contribution in [0.15, 0.2) is 12.1 Å². The molecule has 0 aliphatic rings. The highest BCUT2D eigenvalue weighted by Gasteiger charge is 2.18. The average Bonchev–Trinajstić information content (AvgIpc) is 3.08. The summed E-state index contributed by atoms with van der Waals surface area (Å²) >= 11 is 2.72. The van der Waals surface area contributed by atoms with Crippen LogP contribution in [0.1, 0.15) is 20.4 Å². The summed E-state index contributed by atoms with van der Waals surface area (Å²) in [6.07, 6.45) is 0. The van der Waals surface area contributed by atoms with Gasteiger partial charge in [0.05, 0.1) is 24.9 Å². The van der Waals surface area contributed by atoms with Crippen molar-refractivity contribution in [2.75, 3.05) is 19.5 Å². The van der Waals surface area contributed by atoms with Crippen LogP contribution >= 0.6 is 22.7 Å². The first-order valence-electron chi connectivity index (χ1n) is 6.80. The van der Waals surface area contributed by atoms with E-state index in [1.165, 1.54) is 22.7 Å². The summed E-state index contributed by atoms with van der Waals surface area (Å²) in [7, 11) is 3.19. The third-order valence-corrected chi connectivity index (χ3v) is 5.30. The van der Waals surface area contributed by atoms with E-state index in [4.69, 9.17) is 9.47 Å². The van der Waals surface area contributed by atoms with E-state index in [1.807, 2.05) is 19.9 Å². The number of aryl methyl sites for hydroxylation is 2. The third-order valence-electron chi connectivity index (χ3n) is 3.24. The van der Waals surface area contributed by atoms with Gasteiger partial charge in [0.2, 0.25) is 0 Å². The summed E-state index contributed by atoms with van der Waals surface area (Å²) in [5, 5.41) is 4.19. The Balaban J connectivity index is 1.97. The minimum Gasteiger partial charge on any atom is -0.495 e. The number of fused-ring (bicyclic) bond motifs is 1. The highest BCUT2D eigenvalue weighted by Crippen LogP contribution is 2.39. The molecule has 1 N–H and O–H groups in total. The van der Waals surface area contributed by atoms with Gasteiger partial charge in [0.15, 0.2) is 5.13 Å². The number of nitrogens with one attached hydrogen (secondary N) is 1. The Kier molecular flexibility index (Phi) is 4.18. The SMILES string of the molecule is COc1ccc(OC)c2sc(NC(=O)c3sc(C)nc3C)nc12. The van der Waals surface area contributed by atoms with Crippen LogP contribution in [0.5, 0.6) is 11.5 Å². The first kappa shape index (κ1) is 15.7. The van der Waals surface area contributed by atoms with Crippen molar-refractivity contribution in [3.8, 4) is 11.5 Å². The number of methoxy groups -OCH3 is 2. The maximum absolute atomic E-state index is 12.4. The third kappa shape index (κ3) is 2.87. The summed E-state index contributed by atoms with van der Waals surface area (Å²) in [4.78, 5) is 21.7. The number of hydrogen-bond donors (Lipinski definition) is 1. The Morgan fingerprint density at radius 2 is 1.78 bits per heavy atom. The summed E-state index contributed by atoms with van der Waals surface area (Å²) in [5.74, 6) is 1.14. The van der Waals surface area contributed by atoms with E-state index in [2.05, 4.69) is 15.3 Å². The lowest BCUT2D eigenvalue weighted by molar-refractivity contribution is 0.103. The second kappa shape index (κ2) is 6.13. The molecule has 0 unspecified atom stereocenters. The van der Waals surface area contributed by atoms with Crippen molar-refractivity contribution in [2.45, 2.75) is 13.8 Å². The zero-order chi connectivity index (χ0) is 16.6. The van der Waals surface area contributed by atoms with Crippen molar-refractivity contribution in [3.05, 3.63) is 27.7 Å². The van der Waals surface area contributed by atoms with Crippen LogP contribution in [0.2, 0.25) is 0 Å². The Morgan fingerprint density at radius 3 is 2.39 bits per heavy atom. The lowest BCUT2D eigenvalue weighted by Gasteiger charge is -2.03. The normalized spacial score (nSPS) is 10.8. The fourth-order valence-electron chi connectivity index (χ4n) is 2.23. The monoisotopic (exact) mass is 349 g/mol. The summed E-state index contributed by atoms with van der Waals surface area (Å²) in [6, 6.07) is 3.62. The highest BCUT2D eigenvalue weighted by molar-refractivity contribution is 7.23. The largest absolute Gasteiger partial charge is 0.495 e. The van der Waals surface area contributed by atoms with Gasteiger partial charge < -0.3 is 9.47 Å². The average molecular weight is 349 g/mol. The summed E-state index contributed by atoms with van der Waals surface area (Å²) < 4.78 is 11.5. The molecule has 0 radical (unpaired) electrons. The Morgan fingerprint density at radius 1 is 1.09 bits per heavy atom. The van der Waals surface area contributed by atoms with E-state index in [0.717, 1.165) is 15.4 Å². The van der Waals surface area contributed by atoms with Gasteiger partial charge >= 0.3 is 0 Å². The molecule has 0 fully saturated rings. The van der Waals surface area contributed by atoms with Gasteiger partial charge in [-0.1, -0.05) is 11.3 Å². The number of rotatable bonds is 4. The molecule has 1 amide bonds. The standard InChI is InChI=1S/C15H15N3O3S2/c1-7-12(22-8(2)16-7)14(19)18-15-17-11-9(20-3)5-6-10(21-4)13(11)23-15/h5-6H,1-4H3,(H,17,18,19). The first-order valence-corrected chi connectivity index (χ1v) is 8.43. The Hall–Kier alpha value is -2.19. The number of hydrogen-bond acceptors (Lipinski definition) is 7. The summed E-state index contributed by atoms with van der Waals surface area (Å²) in [5.41, 5.74) is 1.39. The molecule has 0 aliphatic heterocycles. The minimum atomic E-state index is -0.204. The molecule has 0 spiro atoms. The zero-order valence-corrected chi connectivity index (χ0v) is 14.7. The van der Waals surface area contributed by atoms with Gasteiger partial charge in [0, 0.05) is 0 Å². The molecule has 3 rings (SSSR count). The van der Waals surface area contributed by atoms with Gasteiger partial charge in [-0.2, -0.15) is 0 Å². The minimum absolute atomic E-state index is 0.204. The number of carbonyl (C=O) groups is 1. The van der Waals surface area contributed by atoms with E-state index in [1.54, 1.807) is 20.3 Å². The molecule has 1 aromatic carbocycles. The van der Waals surface area contributed by atoms with Crippen molar-refractivity contribution in [2.24, 2.45) is 0 Å². The van der Waals surface area contributed by atoms with Gasteiger partial charge in [-0.05, 0) is 26.0 Å². The van der Waals surface area contributed by atoms with E-state index in [9.17, 15) is 4.79 Å². The van der Waals surface area contributed by atoms with Gasteiger partial charge in [-0.25, -0.2) is 9.97 Å². The van der Waals surface area contributed by atoms with E-state index in [0.29, 0.717) is 27.0 Å². The van der Waals surface area contributed by atoms with Crippen LogP contribution in [0.4, 0.5) is 5.13 Å². The molecular formula is C15H15N3O3S2. The predicted octanol–water partition coefficient (Wildman–Crippen LogP) is 3.64. The van der Waals surface area contributed by atoms with Gasteiger partial charge in [0.25, 0.3) is 5.91 Å². The molecule has 0 bridgehead atoms. The van der Waals surface area contributed by atoms with Crippen molar-refractivity contribution >= 4 is 43.9 Å². The number of benzene rings is 1. The molecule has 0 saturated heterocycles. The second-order valence-corrected chi connectivity index (χ2v) is 6.97. The quantitative estimate of drug-likeness (QED) is 0.778. The predicted molar refractivity (Wildman–Crippen MR) is 92.3 cm³/mol. The van der Waals surface area contributed by atoms with Crippen LogP contribution in [-0.4, -0.2) is 30.1 Å². The zero-order valence-electron chi connectivity index (χ0n) is 13.1. The maximum atomic E-state index is 12.4. The van der Waals surface area contributed by atoms with Crippen LogP contribution in [0.25, 0.3) is 10.2 Å². The van der Waals surface area contributed by atoms with Crippen molar-refractivity contribution in [1.82, 2.24) is 9.97 Å². The van der Waals surface area contributed by atoms with Gasteiger partial charge in [0.1, 0.15) is 26.6 Å². The molecule has 3 aromatic rings. The van der Waals surface area contributed by atoms with Crippen LogP contribution in [0, 0.1) is 13.8 Å². The molecule has 8 heteroatoms.